The third-order valence-electron chi connectivity index (χ3n) is 2.48. The van der Waals surface area contributed by atoms with Gasteiger partial charge in [-0.05, 0) is 23.4 Å². The molecule has 2 rings (SSSR count). The first-order valence-electron chi connectivity index (χ1n) is 5.32. The zero-order chi connectivity index (χ0) is 13.1. The minimum absolute atomic E-state index is 0. The van der Waals surface area contributed by atoms with Gasteiger partial charge in [0.1, 0.15) is 0 Å². The number of carbonyl (C=O) groups is 3. The molecular formula is C12H9ClN2O3W. The summed E-state index contributed by atoms with van der Waals surface area (Å²) < 4.78 is 0. The Morgan fingerprint density at radius 3 is 2.84 bits per heavy atom. The molecule has 98 valence electrons. The largest absolute Gasteiger partial charge is 2.00 e. The van der Waals surface area contributed by atoms with Crippen LogP contribution in [-0.4, -0.2) is 23.8 Å². The molecule has 0 spiro atoms. The molecule has 1 saturated heterocycles. The fourth-order valence-electron chi connectivity index (χ4n) is 1.58. The average molecular weight is 449 g/mol. The van der Waals surface area contributed by atoms with Crippen molar-refractivity contribution in [3.63, 3.8) is 0 Å². The number of amides is 3. The predicted octanol–water partition coefficient (Wildman–Crippen LogP) is 1.46. The number of piperidine rings is 1. The Kier molecular flexibility index (Phi) is 5.70. The summed E-state index contributed by atoms with van der Waals surface area (Å²) in [5.41, 5.74) is 0.201. The Bertz CT molecular complexity index is 521. The molecule has 1 aromatic carbocycles. The van der Waals surface area contributed by atoms with Crippen LogP contribution in [-0.2, 0) is 30.7 Å². The van der Waals surface area contributed by atoms with E-state index in [4.69, 9.17) is 11.6 Å². The van der Waals surface area contributed by atoms with E-state index in [1.54, 1.807) is 6.07 Å². The van der Waals surface area contributed by atoms with Crippen molar-refractivity contribution in [1.29, 1.82) is 0 Å². The number of rotatable bonds is 2. The number of imide groups is 1. The number of nitrogens with one attached hydrogen (secondary N) is 1. The van der Waals surface area contributed by atoms with E-state index in [0.717, 1.165) is 0 Å². The van der Waals surface area contributed by atoms with Crippen LogP contribution in [0.3, 0.4) is 0 Å². The third kappa shape index (κ3) is 4.15. The molecule has 1 aliphatic rings. The molecule has 1 aliphatic heterocycles. The summed E-state index contributed by atoms with van der Waals surface area (Å²) in [6.07, 6.45) is 0.434. The van der Waals surface area contributed by atoms with Gasteiger partial charge in [0.2, 0.25) is 11.8 Å². The van der Waals surface area contributed by atoms with Gasteiger partial charge in [0.15, 0.2) is 0 Å². The van der Waals surface area contributed by atoms with E-state index < -0.39 is 17.9 Å². The monoisotopic (exact) mass is 448 g/mol. The van der Waals surface area contributed by atoms with Gasteiger partial charge in [-0.3, -0.25) is 14.9 Å². The Hall–Kier alpha value is -1.19. The quantitative estimate of drug-likeness (QED) is 0.550. The standard InChI is InChI=1S/C12H10ClN2O3.W/c13-8-3-1-2-7(6-8)11(17)14-9-4-5-10(16)15-12(9)18;/h1,3,6,9H,4-5H2,(H2,14,15,16,17,18);/q-1;+2/p-1/t9-;/m1./s1. The van der Waals surface area contributed by atoms with Crippen LogP contribution < -0.4 is 5.32 Å². The summed E-state index contributed by atoms with van der Waals surface area (Å²) in [4.78, 5) is 34.1. The molecule has 19 heavy (non-hydrogen) atoms. The summed E-state index contributed by atoms with van der Waals surface area (Å²) in [6.45, 7) is 0. The van der Waals surface area contributed by atoms with Gasteiger partial charge in [-0.25, -0.2) is 0 Å². The second-order valence-electron chi connectivity index (χ2n) is 3.82. The molecule has 0 radical (unpaired) electrons. The second kappa shape index (κ2) is 6.82. The van der Waals surface area contributed by atoms with Gasteiger partial charge in [-0.15, -0.1) is 41.4 Å². The van der Waals surface area contributed by atoms with Crippen LogP contribution >= 0.6 is 11.6 Å². The van der Waals surface area contributed by atoms with E-state index in [2.05, 4.69) is 16.7 Å². The number of benzene rings is 1. The molecule has 0 unspecified atom stereocenters. The normalized spacial score (nSPS) is 18.3. The average Bonchev–Trinajstić information content (AvgIpc) is 2.32. The van der Waals surface area contributed by atoms with E-state index in [1.165, 1.54) is 12.1 Å². The van der Waals surface area contributed by atoms with Crippen molar-refractivity contribution in [2.24, 2.45) is 0 Å². The van der Waals surface area contributed by atoms with Crippen molar-refractivity contribution in [1.82, 2.24) is 5.32 Å². The molecule has 1 fully saturated rings. The molecule has 0 aromatic heterocycles. The van der Waals surface area contributed by atoms with Crippen LogP contribution in [0.1, 0.15) is 23.2 Å². The maximum Gasteiger partial charge on any atom is 2.00 e. The Balaban J connectivity index is 0.00000180. The molecule has 5 nitrogen and oxygen atoms in total. The van der Waals surface area contributed by atoms with Crippen molar-refractivity contribution in [3.8, 4) is 0 Å². The first-order valence-corrected chi connectivity index (χ1v) is 5.70. The van der Waals surface area contributed by atoms with Crippen LogP contribution in [0.25, 0.3) is 5.32 Å². The van der Waals surface area contributed by atoms with Crippen molar-refractivity contribution >= 4 is 29.3 Å². The molecule has 1 aromatic rings. The van der Waals surface area contributed by atoms with Gasteiger partial charge in [-0.1, -0.05) is 0 Å². The molecule has 1 N–H and O–H groups in total. The molecular weight excluding hydrogens is 439 g/mol. The zero-order valence-electron chi connectivity index (χ0n) is 9.68. The van der Waals surface area contributed by atoms with Crippen LogP contribution in [0.5, 0.6) is 0 Å². The Labute approximate surface area is 129 Å². The van der Waals surface area contributed by atoms with Gasteiger partial charge < -0.3 is 10.1 Å². The van der Waals surface area contributed by atoms with E-state index in [9.17, 15) is 14.4 Å². The van der Waals surface area contributed by atoms with Crippen molar-refractivity contribution in [3.05, 3.63) is 40.2 Å². The Morgan fingerprint density at radius 1 is 1.47 bits per heavy atom. The topological polar surface area (TPSA) is 77.3 Å². The molecule has 0 bridgehead atoms. The van der Waals surface area contributed by atoms with Crippen LogP contribution in [0.15, 0.2) is 18.2 Å². The van der Waals surface area contributed by atoms with Gasteiger partial charge >= 0.3 is 21.1 Å². The number of hydrogen-bond donors (Lipinski definition) is 1. The fraction of sp³-hybridized carbons (Fsp3) is 0.250. The molecule has 0 aliphatic carbocycles. The zero-order valence-corrected chi connectivity index (χ0v) is 13.4. The molecule has 1 heterocycles. The van der Waals surface area contributed by atoms with Gasteiger partial charge in [0, 0.05) is 6.42 Å². The van der Waals surface area contributed by atoms with Gasteiger partial charge in [0.05, 0.1) is 0 Å². The maximum atomic E-state index is 11.8. The van der Waals surface area contributed by atoms with Gasteiger partial charge in [0.25, 0.3) is 0 Å². The number of hydrogen-bond acceptors (Lipinski definition) is 3. The van der Waals surface area contributed by atoms with Crippen molar-refractivity contribution in [2.75, 3.05) is 0 Å². The van der Waals surface area contributed by atoms with Gasteiger partial charge in [-0.2, -0.15) is 0 Å². The summed E-state index contributed by atoms with van der Waals surface area (Å²) in [5, 5.41) is 6.31. The van der Waals surface area contributed by atoms with Crippen LogP contribution in [0.4, 0.5) is 0 Å². The summed E-state index contributed by atoms with van der Waals surface area (Å²) >= 11 is 5.74. The molecule has 3 amide bonds. The second-order valence-corrected chi connectivity index (χ2v) is 4.26. The Morgan fingerprint density at radius 2 is 2.21 bits per heavy atom. The minimum Gasteiger partial charge on any atom is -0.684 e. The SMILES string of the molecule is O=C1CC[C@@H]([N-]C(=O)c2[c-]ccc(Cl)c2)C(=O)N1.[W+2]. The maximum absolute atomic E-state index is 11.8. The smallest absolute Gasteiger partial charge is 0.684 e. The van der Waals surface area contributed by atoms with Crippen LogP contribution in [0, 0.1) is 6.07 Å². The molecule has 0 saturated carbocycles. The first-order chi connectivity index (χ1) is 8.56. The number of nitrogens with zero attached hydrogens (tertiary/aromatic N) is 1. The number of carbonyl (C=O) groups excluding carboxylic acids is 3. The van der Waals surface area contributed by atoms with Crippen molar-refractivity contribution in [2.45, 2.75) is 18.9 Å². The van der Waals surface area contributed by atoms with Crippen LogP contribution in [0.2, 0.25) is 5.02 Å². The van der Waals surface area contributed by atoms with Crippen molar-refractivity contribution < 1.29 is 35.4 Å². The fourth-order valence-corrected chi connectivity index (χ4v) is 1.75. The summed E-state index contributed by atoms with van der Waals surface area (Å²) in [7, 11) is 0. The van der Waals surface area contributed by atoms with E-state index in [0.29, 0.717) is 5.02 Å². The number of halogens is 1. The van der Waals surface area contributed by atoms with E-state index >= 15 is 0 Å². The third-order valence-corrected chi connectivity index (χ3v) is 2.71. The molecule has 7 heteroatoms. The predicted molar refractivity (Wildman–Crippen MR) is 64.1 cm³/mol. The minimum atomic E-state index is -0.817. The summed E-state index contributed by atoms with van der Waals surface area (Å²) in [6, 6.07) is 6.41. The summed E-state index contributed by atoms with van der Waals surface area (Å²) in [5.74, 6) is -1.44. The first kappa shape index (κ1) is 15.9. The van der Waals surface area contributed by atoms with E-state index in [1.807, 2.05) is 0 Å². The molecule has 1 atom stereocenters. The van der Waals surface area contributed by atoms with E-state index in [-0.39, 0.29) is 45.4 Å².